The maximum Gasteiger partial charge on any atom is 3.00 e. The minimum absolute atomic E-state index is 0. The molecule has 0 aliphatic rings. The van der Waals surface area contributed by atoms with E-state index >= 15 is 0 Å². The maximum atomic E-state index is 10.3. The molecular weight excluding hydrogens is 741 g/mol. The third-order valence-corrected chi connectivity index (χ3v) is 7.39. The molecule has 8 heteroatoms. The molecule has 0 bridgehead atoms. The number of carbonyl (C=O) groups is 1. The topological polar surface area (TPSA) is 80.4 Å². The molecule has 1 N–H and O–H groups in total. The molecule has 5 aromatic rings. The van der Waals surface area contributed by atoms with Crippen LogP contribution >= 0.6 is 17.2 Å². The number of benzene rings is 5. The quantitative estimate of drug-likeness (QED) is 0.0896. The van der Waals surface area contributed by atoms with Crippen LogP contribution < -0.4 is 21.2 Å². The number of rotatable bonds is 6. The number of non-ortho nitro benzene ring substituents is 1. The molecule has 0 aliphatic carbocycles. The zero-order chi connectivity index (χ0) is 29.7. The van der Waals surface area contributed by atoms with Crippen molar-refractivity contribution >= 4 is 50.0 Å². The van der Waals surface area contributed by atoms with E-state index in [-0.39, 0.29) is 31.4 Å². The Bertz CT molecular complexity index is 1240. The van der Waals surface area contributed by atoms with Gasteiger partial charge < -0.3 is 30.2 Å². The summed E-state index contributed by atoms with van der Waals surface area (Å²) < 4.78 is 0. The molecule has 0 saturated heterocycles. The third kappa shape index (κ3) is 15.5. The summed E-state index contributed by atoms with van der Waals surface area (Å²) in [5, 5.41) is 24.2. The summed E-state index contributed by atoms with van der Waals surface area (Å²) in [6.45, 7) is 6.75. The molecule has 0 aromatic heterocycles. The monoisotopic (exact) mass is 773 g/mol. The fraction of sp³-hybridized carbons (Fsp3) is 0.0294. The molecule has 0 aliphatic heterocycles. The van der Waals surface area contributed by atoms with Crippen molar-refractivity contribution in [2.24, 2.45) is 0 Å². The summed E-state index contributed by atoms with van der Waals surface area (Å²) in [4.78, 5) is 19.8. The first-order chi connectivity index (χ1) is 19.9. The van der Waals surface area contributed by atoms with Gasteiger partial charge in [-0.05, 0) is 21.2 Å². The number of carboxylic acids is 1. The fourth-order valence-corrected chi connectivity index (χ4v) is 5.21. The van der Waals surface area contributed by atoms with Crippen LogP contribution in [0.4, 0.5) is 5.69 Å². The smallest absolute Gasteiger partial charge is 0.521 e. The van der Waals surface area contributed by atoms with Gasteiger partial charge in [0.15, 0.2) is 5.69 Å². The molecule has 5 nitrogen and oxygen atoms in total. The Labute approximate surface area is 265 Å². The number of carboxylic acid groups (broad SMARTS) is 1. The van der Waals surface area contributed by atoms with Gasteiger partial charge in [-0.3, -0.25) is 10.1 Å². The summed E-state index contributed by atoms with van der Waals surface area (Å²) in [6, 6.07) is 48.0. The van der Waals surface area contributed by atoms with E-state index < -0.39 is 10.9 Å². The molecule has 0 atom stereocenters. The molecule has 0 fully saturated rings. The van der Waals surface area contributed by atoms with E-state index in [2.05, 4.69) is 141 Å². The Kier molecular flexibility index (Phi) is 19.2. The van der Waals surface area contributed by atoms with Crippen LogP contribution in [0.5, 0.6) is 0 Å². The van der Waals surface area contributed by atoms with Crippen LogP contribution in [0.15, 0.2) is 140 Å². The van der Waals surface area contributed by atoms with Gasteiger partial charge in [-0.15, -0.1) is 12.1 Å². The largest absolute Gasteiger partial charge is 3.00 e. The molecule has 0 saturated carbocycles. The van der Waals surface area contributed by atoms with Crippen LogP contribution in [0.3, 0.4) is 0 Å². The van der Waals surface area contributed by atoms with Gasteiger partial charge in [0, 0.05) is 4.92 Å². The van der Waals surface area contributed by atoms with Gasteiger partial charge in [0.2, 0.25) is 5.97 Å². The predicted octanol–water partition coefficient (Wildman–Crippen LogP) is 6.77. The Balaban J connectivity index is 0.000000298. The normalized spacial score (nSPS) is 9.19. The van der Waals surface area contributed by atoms with Crippen molar-refractivity contribution in [1.29, 1.82) is 0 Å². The predicted molar refractivity (Wildman–Crippen MR) is 175 cm³/mol. The molecule has 5 rings (SSSR count). The van der Waals surface area contributed by atoms with Crippen molar-refractivity contribution in [3.8, 4) is 0 Å². The molecule has 42 heavy (non-hydrogen) atoms. The molecule has 0 spiro atoms. The Morgan fingerprint density at radius 2 is 1.00 bits per heavy atom. The number of nitro groups is 1. The molecule has 0 radical (unpaired) electrons. The molecule has 216 valence electrons. The molecule has 5 aromatic carbocycles. The average molecular weight is 773 g/mol. The van der Waals surface area contributed by atoms with Crippen molar-refractivity contribution in [3.63, 3.8) is 0 Å². The van der Waals surface area contributed by atoms with E-state index in [1.807, 2.05) is 0 Å². The molecule has 0 amide bonds. The van der Waals surface area contributed by atoms with Crippen molar-refractivity contribution in [2.75, 3.05) is 0 Å². The van der Waals surface area contributed by atoms with E-state index in [1.54, 1.807) is 0 Å². The maximum absolute atomic E-state index is 10.3. The number of hydrogen-bond donors (Lipinski definition) is 1. The van der Waals surface area contributed by atoms with Crippen LogP contribution in [0.1, 0.15) is 16.8 Å². The number of nitrogens with zero attached hydrogens (tertiary/aromatic N) is 1. The van der Waals surface area contributed by atoms with Crippen molar-refractivity contribution < 1.29 is 34.9 Å². The van der Waals surface area contributed by atoms with Crippen molar-refractivity contribution in [2.45, 2.75) is 6.42 Å². The zero-order valence-electron chi connectivity index (χ0n) is 22.9. The molecular formula is C34H32IrNO4P2. The van der Waals surface area contributed by atoms with Gasteiger partial charge >= 0.3 is 20.1 Å². The number of aromatic carboxylic acids is 1. The van der Waals surface area contributed by atoms with Gasteiger partial charge in [-0.2, -0.15) is 0 Å². The zero-order valence-corrected chi connectivity index (χ0v) is 27.2. The van der Waals surface area contributed by atoms with Gasteiger partial charge in [0.05, 0.1) is 0 Å². The van der Waals surface area contributed by atoms with E-state index in [9.17, 15) is 14.9 Å². The van der Waals surface area contributed by atoms with E-state index in [4.69, 9.17) is 5.11 Å². The second kappa shape index (κ2) is 22.1. The third-order valence-electron chi connectivity index (χ3n) is 4.90. The van der Waals surface area contributed by atoms with Crippen LogP contribution in [0.25, 0.3) is 0 Å². The molecule has 0 unspecified atom stereocenters. The van der Waals surface area contributed by atoms with Gasteiger partial charge in [-0.1, -0.05) is 156 Å². The summed E-state index contributed by atoms with van der Waals surface area (Å²) >= 11 is 0. The first-order valence-corrected chi connectivity index (χ1v) is 14.6. The Hall–Kier alpha value is -3.52. The average Bonchev–Trinajstić information content (AvgIpc) is 3.00. The van der Waals surface area contributed by atoms with E-state index in [0.29, 0.717) is 0 Å². The summed E-state index contributed by atoms with van der Waals surface area (Å²) in [5.74, 6) is -1.22. The Morgan fingerprint density at radius 3 is 1.26 bits per heavy atom. The van der Waals surface area contributed by atoms with E-state index in [1.165, 1.54) is 33.4 Å². The van der Waals surface area contributed by atoms with Crippen LogP contribution in [-0.2, 0) is 20.1 Å². The second-order valence-corrected chi connectivity index (χ2v) is 10.9. The summed E-state index contributed by atoms with van der Waals surface area (Å²) in [7, 11) is 1.55. The van der Waals surface area contributed by atoms with Crippen molar-refractivity contribution in [3.05, 3.63) is 175 Å². The second-order valence-electron chi connectivity index (χ2n) is 8.09. The fourth-order valence-electron chi connectivity index (χ4n) is 3.11. The minimum Gasteiger partial charge on any atom is -0.521 e. The first kappa shape index (κ1) is 36.5. The van der Waals surface area contributed by atoms with Crippen LogP contribution in [0.2, 0.25) is 0 Å². The summed E-state index contributed by atoms with van der Waals surface area (Å²) in [5.41, 5.74) is -0.449. The SMILES string of the molecule is O=C(O)c1[c-]ccc([N+](=O)[O-])c1.[CH2-]C[CH2-].[Ir+3].c1ccc(Pc2ccccc2)cc1.c1ccc(Pc2ccccc2)cc1. The van der Waals surface area contributed by atoms with Crippen molar-refractivity contribution in [1.82, 2.24) is 0 Å². The Morgan fingerprint density at radius 1 is 0.690 bits per heavy atom. The number of nitro benzene ring substituents is 1. The van der Waals surface area contributed by atoms with E-state index in [0.717, 1.165) is 29.6 Å². The summed E-state index contributed by atoms with van der Waals surface area (Å²) in [6.07, 6.45) is 0.750. The van der Waals surface area contributed by atoms with Gasteiger partial charge in [0.25, 0.3) is 0 Å². The van der Waals surface area contributed by atoms with Crippen LogP contribution in [-0.4, -0.2) is 16.0 Å². The minimum atomic E-state index is -1.22. The standard InChI is InChI=1S/2C12H11P.C7H4NO4.C3H6.Ir/c2*1-3-7-11(8-4-1)13-12-9-5-2-6-10-12;9-7(10)5-2-1-3-6(4-5)8(11)12;1-3-2;/h2*1-10,13H;1,3-4H,(H,9,10);1-3H2;/q;;-1;-2;+3. The molecule has 0 heterocycles. The van der Waals surface area contributed by atoms with Gasteiger partial charge in [0.1, 0.15) is 0 Å². The van der Waals surface area contributed by atoms with Gasteiger partial charge in [-0.25, -0.2) is 0 Å². The van der Waals surface area contributed by atoms with Crippen LogP contribution in [0, 0.1) is 30.0 Å². The number of hydrogen-bond acceptors (Lipinski definition) is 3. The first-order valence-electron chi connectivity index (χ1n) is 12.6.